The lowest BCUT2D eigenvalue weighted by atomic mass is 9.80. The van der Waals surface area contributed by atoms with E-state index in [0.717, 1.165) is 11.9 Å². The zero-order valence-corrected chi connectivity index (χ0v) is 19.0. The van der Waals surface area contributed by atoms with Crippen LogP contribution in [0.15, 0.2) is 53.9 Å². The molecule has 1 saturated heterocycles. The second-order valence-corrected chi connectivity index (χ2v) is 8.58. The molecule has 7 nitrogen and oxygen atoms in total. The molecule has 1 fully saturated rings. The second kappa shape index (κ2) is 9.17. The molecule has 0 bridgehead atoms. The van der Waals surface area contributed by atoms with Gasteiger partial charge in [-0.05, 0) is 44.9 Å². The summed E-state index contributed by atoms with van der Waals surface area (Å²) in [4.78, 5) is 29.6. The second-order valence-electron chi connectivity index (χ2n) is 8.58. The third-order valence-electron chi connectivity index (χ3n) is 6.19. The fourth-order valence-electron chi connectivity index (χ4n) is 3.89. The number of aliphatic imine (C=N–C) groups is 1. The van der Waals surface area contributed by atoms with Gasteiger partial charge < -0.3 is 15.0 Å². The first-order valence-electron chi connectivity index (χ1n) is 10.9. The number of halogens is 2. The monoisotopic (exact) mass is 465 g/mol. The maximum absolute atomic E-state index is 13.9. The standard InChI is InChI=1S/C25H25F2N5O2/c1-4-21(32-9-7-25(3,8-10-32)24(33)34)29-13-15(2)19-6-5-16(14-28-19)23-30-20-12-17(26)11-18(27)22(20)31-23/h4-6,11-14H,2,7-10H2,1,3H3,(H,30,31)(H,33,34)/b21-4+,29-13-. The highest BCUT2D eigenvalue weighted by atomic mass is 19.1. The molecule has 34 heavy (non-hydrogen) atoms. The Labute approximate surface area is 195 Å². The van der Waals surface area contributed by atoms with E-state index in [9.17, 15) is 18.7 Å². The van der Waals surface area contributed by atoms with E-state index in [1.54, 1.807) is 31.5 Å². The summed E-state index contributed by atoms with van der Waals surface area (Å²) >= 11 is 0. The number of aliphatic carboxylic acids is 1. The quantitative estimate of drug-likeness (QED) is 0.498. The number of carboxylic acids is 1. The Morgan fingerprint density at radius 1 is 1.29 bits per heavy atom. The molecular weight excluding hydrogens is 440 g/mol. The van der Waals surface area contributed by atoms with Gasteiger partial charge in [0.2, 0.25) is 0 Å². The third-order valence-corrected chi connectivity index (χ3v) is 6.19. The molecule has 0 saturated carbocycles. The van der Waals surface area contributed by atoms with E-state index in [-0.39, 0.29) is 11.0 Å². The fourth-order valence-corrected chi connectivity index (χ4v) is 3.89. The molecule has 3 aromatic rings. The summed E-state index contributed by atoms with van der Waals surface area (Å²) in [5.41, 5.74) is 1.46. The number of carboxylic acid groups (broad SMARTS) is 1. The number of benzene rings is 1. The third kappa shape index (κ3) is 4.59. The molecular formula is C25H25F2N5O2. The van der Waals surface area contributed by atoms with E-state index in [0.29, 0.717) is 48.6 Å². The predicted octanol–water partition coefficient (Wildman–Crippen LogP) is 5.04. The summed E-state index contributed by atoms with van der Waals surface area (Å²) in [6, 6.07) is 5.49. The lowest BCUT2D eigenvalue weighted by Gasteiger charge is -2.37. The summed E-state index contributed by atoms with van der Waals surface area (Å²) in [6.45, 7) is 8.92. The smallest absolute Gasteiger partial charge is 0.309 e. The molecule has 2 N–H and O–H groups in total. The van der Waals surface area contributed by atoms with Gasteiger partial charge >= 0.3 is 5.97 Å². The summed E-state index contributed by atoms with van der Waals surface area (Å²) in [6.07, 6.45) is 6.19. The van der Waals surface area contributed by atoms with Crippen molar-refractivity contribution in [1.82, 2.24) is 19.9 Å². The normalized spacial score (nSPS) is 16.4. The molecule has 0 radical (unpaired) electrons. The number of H-pyrrole nitrogens is 1. The van der Waals surface area contributed by atoms with Crippen molar-refractivity contribution in [3.05, 3.63) is 66.3 Å². The van der Waals surface area contributed by atoms with Crippen LogP contribution in [0.25, 0.3) is 28.0 Å². The molecule has 1 aliphatic rings. The maximum atomic E-state index is 13.9. The Kier molecular flexibility index (Phi) is 6.28. The number of pyridine rings is 1. The van der Waals surface area contributed by atoms with Gasteiger partial charge in [0.1, 0.15) is 23.0 Å². The fraction of sp³-hybridized carbons (Fsp3) is 0.280. The number of allylic oxidation sites excluding steroid dienone is 2. The van der Waals surface area contributed by atoms with Crippen LogP contribution >= 0.6 is 0 Å². The van der Waals surface area contributed by atoms with Crippen molar-refractivity contribution in [3.63, 3.8) is 0 Å². The van der Waals surface area contributed by atoms with Gasteiger partial charge in [-0.1, -0.05) is 6.58 Å². The van der Waals surface area contributed by atoms with Crippen molar-refractivity contribution in [2.75, 3.05) is 13.1 Å². The molecule has 4 rings (SSSR count). The van der Waals surface area contributed by atoms with Gasteiger partial charge in [0, 0.05) is 48.8 Å². The summed E-state index contributed by atoms with van der Waals surface area (Å²) in [5, 5.41) is 9.42. The minimum atomic E-state index is -0.763. The van der Waals surface area contributed by atoms with Gasteiger partial charge in [0.15, 0.2) is 5.82 Å². The molecule has 9 heteroatoms. The van der Waals surface area contributed by atoms with Crippen LogP contribution in [-0.2, 0) is 4.79 Å². The van der Waals surface area contributed by atoms with Gasteiger partial charge in [-0.25, -0.2) is 18.8 Å². The van der Waals surface area contributed by atoms with Crippen molar-refractivity contribution in [2.24, 2.45) is 10.4 Å². The number of likely N-dealkylation sites (tertiary alicyclic amines) is 1. The van der Waals surface area contributed by atoms with Crippen LogP contribution in [0, 0.1) is 17.0 Å². The topological polar surface area (TPSA) is 94.5 Å². The van der Waals surface area contributed by atoms with E-state index in [2.05, 4.69) is 31.4 Å². The first-order valence-corrected chi connectivity index (χ1v) is 10.9. The molecule has 3 heterocycles. The van der Waals surface area contributed by atoms with Gasteiger partial charge in [-0.15, -0.1) is 0 Å². The van der Waals surface area contributed by atoms with E-state index in [1.807, 2.05) is 13.0 Å². The number of nitrogens with one attached hydrogen (secondary N) is 1. The lowest BCUT2D eigenvalue weighted by molar-refractivity contribution is -0.150. The Hall–Kier alpha value is -3.88. The molecule has 176 valence electrons. The largest absolute Gasteiger partial charge is 0.481 e. The highest BCUT2D eigenvalue weighted by Crippen LogP contribution is 2.32. The highest BCUT2D eigenvalue weighted by Gasteiger charge is 2.37. The average molecular weight is 466 g/mol. The van der Waals surface area contributed by atoms with E-state index >= 15 is 0 Å². The van der Waals surface area contributed by atoms with Crippen molar-refractivity contribution < 1.29 is 18.7 Å². The Balaban J connectivity index is 1.44. The van der Waals surface area contributed by atoms with Crippen LogP contribution in [0.3, 0.4) is 0 Å². The van der Waals surface area contributed by atoms with Gasteiger partial charge in [0.05, 0.1) is 16.6 Å². The molecule has 1 aromatic carbocycles. The first kappa shape index (κ1) is 23.3. The number of rotatable bonds is 6. The molecule has 0 spiro atoms. The number of aromatic amines is 1. The van der Waals surface area contributed by atoms with E-state index in [1.165, 1.54) is 6.07 Å². The number of piperidine rings is 1. The number of nitrogens with zero attached hydrogens (tertiary/aromatic N) is 4. The van der Waals surface area contributed by atoms with Crippen molar-refractivity contribution >= 4 is 28.8 Å². The predicted molar refractivity (Wildman–Crippen MR) is 127 cm³/mol. The van der Waals surface area contributed by atoms with Crippen molar-refractivity contribution in [3.8, 4) is 11.4 Å². The van der Waals surface area contributed by atoms with Crippen LogP contribution in [0.2, 0.25) is 0 Å². The molecule has 1 aliphatic heterocycles. The minimum absolute atomic E-state index is 0.136. The summed E-state index contributed by atoms with van der Waals surface area (Å²) in [5.74, 6) is -1.02. The average Bonchev–Trinajstić information content (AvgIpc) is 3.25. The van der Waals surface area contributed by atoms with Gasteiger partial charge in [-0.2, -0.15) is 0 Å². The number of aromatic nitrogens is 3. The summed E-state index contributed by atoms with van der Waals surface area (Å²) < 4.78 is 27.4. The molecule has 2 aromatic heterocycles. The Bertz CT molecular complexity index is 1300. The first-order chi connectivity index (χ1) is 16.2. The molecule has 0 amide bonds. The Morgan fingerprint density at radius 2 is 2.03 bits per heavy atom. The van der Waals surface area contributed by atoms with Crippen LogP contribution in [0.1, 0.15) is 32.4 Å². The van der Waals surface area contributed by atoms with E-state index in [4.69, 9.17) is 0 Å². The van der Waals surface area contributed by atoms with Crippen molar-refractivity contribution in [2.45, 2.75) is 26.7 Å². The SMILES string of the molecule is C=C(/C=N\C(=C/C)N1CCC(C)(C(=O)O)CC1)c1ccc(-c2nc3cc(F)cc(F)c3[nH]2)cn1. The Morgan fingerprint density at radius 3 is 2.65 bits per heavy atom. The maximum Gasteiger partial charge on any atom is 0.309 e. The lowest BCUT2D eigenvalue weighted by Crippen LogP contribution is -2.42. The number of hydrogen-bond donors (Lipinski definition) is 2. The zero-order chi connectivity index (χ0) is 24.5. The number of carbonyl (C=O) groups is 1. The van der Waals surface area contributed by atoms with E-state index < -0.39 is 23.0 Å². The van der Waals surface area contributed by atoms with Crippen LogP contribution in [0.5, 0.6) is 0 Å². The van der Waals surface area contributed by atoms with Crippen LogP contribution < -0.4 is 0 Å². The molecule has 0 atom stereocenters. The number of imidazole rings is 1. The van der Waals surface area contributed by atoms with Gasteiger partial charge in [0.25, 0.3) is 0 Å². The minimum Gasteiger partial charge on any atom is -0.481 e. The van der Waals surface area contributed by atoms with Crippen molar-refractivity contribution in [1.29, 1.82) is 0 Å². The summed E-state index contributed by atoms with van der Waals surface area (Å²) in [7, 11) is 0. The van der Waals surface area contributed by atoms with Crippen LogP contribution in [-0.4, -0.2) is 50.2 Å². The van der Waals surface area contributed by atoms with Crippen LogP contribution in [0.4, 0.5) is 8.78 Å². The number of hydrogen-bond acceptors (Lipinski definition) is 5. The molecule has 0 aliphatic carbocycles. The molecule has 0 unspecified atom stereocenters. The number of fused-ring (bicyclic) bond motifs is 1. The zero-order valence-electron chi connectivity index (χ0n) is 19.0. The van der Waals surface area contributed by atoms with Gasteiger partial charge in [-0.3, -0.25) is 9.78 Å². The highest BCUT2D eigenvalue weighted by molar-refractivity contribution is 6.08.